The van der Waals surface area contributed by atoms with Crippen molar-refractivity contribution >= 4 is 5.91 Å². The Bertz CT molecular complexity index is 211. The summed E-state index contributed by atoms with van der Waals surface area (Å²) in [4.78, 5) is 15.9. The lowest BCUT2D eigenvalue weighted by atomic mass is 9.96. The van der Waals surface area contributed by atoms with Crippen molar-refractivity contribution in [2.24, 2.45) is 5.92 Å². The van der Waals surface area contributed by atoms with Crippen LogP contribution in [0.25, 0.3) is 0 Å². The second kappa shape index (κ2) is 10.4. The third-order valence-corrected chi connectivity index (χ3v) is 3.51. The average Bonchev–Trinajstić information content (AvgIpc) is 2.42. The van der Waals surface area contributed by atoms with Crippen molar-refractivity contribution in [2.45, 2.75) is 53.4 Å². The number of hydrogen-bond acceptors (Lipinski definition) is 2. The van der Waals surface area contributed by atoms with Crippen LogP contribution in [-0.4, -0.2) is 48.9 Å². The number of piperidine rings is 1. The van der Waals surface area contributed by atoms with E-state index < -0.39 is 0 Å². The normalized spacial score (nSPS) is 16.9. The van der Waals surface area contributed by atoms with E-state index in [1.54, 1.807) is 0 Å². The summed E-state index contributed by atoms with van der Waals surface area (Å²) in [6, 6.07) is 0. The average molecular weight is 256 g/mol. The van der Waals surface area contributed by atoms with Crippen molar-refractivity contribution in [2.75, 3.05) is 33.2 Å². The van der Waals surface area contributed by atoms with Crippen LogP contribution >= 0.6 is 0 Å². The Labute approximate surface area is 114 Å². The smallest absolute Gasteiger partial charge is 0.222 e. The molecule has 3 nitrogen and oxygen atoms in total. The molecule has 3 heteroatoms. The first kappa shape index (κ1) is 17.4. The fraction of sp³-hybridized carbons (Fsp3) is 0.933. The van der Waals surface area contributed by atoms with Crippen LogP contribution in [0.15, 0.2) is 0 Å². The Hall–Kier alpha value is -0.570. The van der Waals surface area contributed by atoms with E-state index in [-0.39, 0.29) is 5.91 Å². The van der Waals surface area contributed by atoms with Gasteiger partial charge in [-0.1, -0.05) is 27.7 Å². The van der Waals surface area contributed by atoms with E-state index in [2.05, 4.69) is 11.8 Å². The molecule has 1 aliphatic heterocycles. The second-order valence-electron chi connectivity index (χ2n) is 4.91. The number of amides is 1. The van der Waals surface area contributed by atoms with Gasteiger partial charge in [0, 0.05) is 20.0 Å². The number of nitrogens with zero attached hydrogens (tertiary/aromatic N) is 2. The predicted molar refractivity (Wildman–Crippen MR) is 78.7 cm³/mol. The molecule has 1 rings (SSSR count). The zero-order valence-electron chi connectivity index (χ0n) is 13.0. The zero-order valence-corrected chi connectivity index (χ0v) is 13.0. The van der Waals surface area contributed by atoms with E-state index in [0.29, 0.717) is 12.3 Å². The maximum absolute atomic E-state index is 11.5. The van der Waals surface area contributed by atoms with Gasteiger partial charge in [0.1, 0.15) is 0 Å². The quantitative estimate of drug-likeness (QED) is 0.755. The first-order valence-corrected chi connectivity index (χ1v) is 7.63. The maximum atomic E-state index is 11.5. The third kappa shape index (κ3) is 6.39. The van der Waals surface area contributed by atoms with Crippen LogP contribution in [0.1, 0.15) is 53.4 Å². The first-order chi connectivity index (χ1) is 8.67. The lowest BCUT2D eigenvalue weighted by molar-refractivity contribution is -0.130. The van der Waals surface area contributed by atoms with Crippen LogP contribution in [0.3, 0.4) is 0 Å². The van der Waals surface area contributed by atoms with E-state index in [4.69, 9.17) is 0 Å². The summed E-state index contributed by atoms with van der Waals surface area (Å²) in [5.41, 5.74) is 0. The van der Waals surface area contributed by atoms with E-state index in [9.17, 15) is 4.79 Å². The highest BCUT2D eigenvalue weighted by Crippen LogP contribution is 2.18. The molecule has 0 atom stereocenters. The lowest BCUT2D eigenvalue weighted by Gasteiger charge is -2.33. The monoisotopic (exact) mass is 256 g/mol. The third-order valence-electron chi connectivity index (χ3n) is 3.51. The molecule has 0 aromatic rings. The van der Waals surface area contributed by atoms with Gasteiger partial charge in [-0.15, -0.1) is 0 Å². The van der Waals surface area contributed by atoms with Crippen molar-refractivity contribution in [1.29, 1.82) is 0 Å². The van der Waals surface area contributed by atoms with Crippen LogP contribution in [0.4, 0.5) is 0 Å². The molecule has 0 spiro atoms. The minimum atomic E-state index is 0.274. The molecule has 18 heavy (non-hydrogen) atoms. The fourth-order valence-electron chi connectivity index (χ4n) is 2.47. The summed E-state index contributed by atoms with van der Waals surface area (Å²) >= 11 is 0. The number of hydrogen-bond donors (Lipinski definition) is 0. The Kier molecular flexibility index (Phi) is 10.0. The molecule has 108 valence electrons. The lowest BCUT2D eigenvalue weighted by Crippen LogP contribution is -2.39. The van der Waals surface area contributed by atoms with Gasteiger partial charge >= 0.3 is 0 Å². The summed E-state index contributed by atoms with van der Waals surface area (Å²) in [7, 11) is 1.93. The number of carbonyl (C=O) groups is 1. The highest BCUT2D eigenvalue weighted by molar-refractivity contribution is 5.75. The highest BCUT2D eigenvalue weighted by atomic mass is 16.2. The van der Waals surface area contributed by atoms with Crippen molar-refractivity contribution < 1.29 is 4.79 Å². The highest BCUT2D eigenvalue weighted by Gasteiger charge is 2.20. The van der Waals surface area contributed by atoms with Crippen molar-refractivity contribution in [1.82, 2.24) is 9.80 Å². The second-order valence-corrected chi connectivity index (χ2v) is 4.91. The standard InChI is InChI=1S/C13H26N2O.C2H6/c1-4-8-15-9-6-12(7-10-15)11-14(3)13(16)5-2;1-2/h12H,4-11H2,1-3H3;1-2H3. The minimum Gasteiger partial charge on any atom is -0.345 e. The van der Waals surface area contributed by atoms with Crippen molar-refractivity contribution in [3.05, 3.63) is 0 Å². The molecule has 1 heterocycles. The molecule has 0 unspecified atom stereocenters. The van der Waals surface area contributed by atoms with Gasteiger partial charge in [0.15, 0.2) is 0 Å². The molecule has 0 bridgehead atoms. The van der Waals surface area contributed by atoms with Crippen LogP contribution < -0.4 is 0 Å². The van der Waals surface area contributed by atoms with Gasteiger partial charge in [0.25, 0.3) is 0 Å². The predicted octanol–water partition coefficient (Wildman–Crippen LogP) is 3.00. The fourth-order valence-corrected chi connectivity index (χ4v) is 2.47. The Morgan fingerprint density at radius 2 is 1.78 bits per heavy atom. The SMILES string of the molecule is CC.CCCN1CCC(CN(C)C(=O)CC)CC1. The van der Waals surface area contributed by atoms with Gasteiger partial charge < -0.3 is 9.80 Å². The topological polar surface area (TPSA) is 23.6 Å². The van der Waals surface area contributed by atoms with E-state index in [0.717, 1.165) is 6.54 Å². The van der Waals surface area contributed by atoms with Gasteiger partial charge in [-0.2, -0.15) is 0 Å². The van der Waals surface area contributed by atoms with Gasteiger partial charge in [-0.3, -0.25) is 4.79 Å². The van der Waals surface area contributed by atoms with Crippen molar-refractivity contribution in [3.8, 4) is 0 Å². The van der Waals surface area contributed by atoms with Crippen LogP contribution in [0, 0.1) is 5.92 Å². The van der Waals surface area contributed by atoms with Crippen LogP contribution in [0.5, 0.6) is 0 Å². The van der Waals surface area contributed by atoms with Gasteiger partial charge in [-0.25, -0.2) is 0 Å². The molecule has 0 aromatic carbocycles. The van der Waals surface area contributed by atoms with E-state index in [1.165, 1.54) is 38.9 Å². The number of rotatable bonds is 5. The van der Waals surface area contributed by atoms with Crippen LogP contribution in [-0.2, 0) is 4.79 Å². The molecular formula is C15H32N2O. The Morgan fingerprint density at radius 3 is 2.22 bits per heavy atom. The first-order valence-electron chi connectivity index (χ1n) is 7.63. The zero-order chi connectivity index (χ0) is 14.0. The van der Waals surface area contributed by atoms with Gasteiger partial charge in [0.2, 0.25) is 5.91 Å². The summed E-state index contributed by atoms with van der Waals surface area (Å²) in [5, 5.41) is 0. The van der Waals surface area contributed by atoms with Crippen molar-refractivity contribution in [3.63, 3.8) is 0 Å². The molecule has 0 aliphatic carbocycles. The van der Waals surface area contributed by atoms with Gasteiger partial charge in [-0.05, 0) is 44.8 Å². The molecule has 0 saturated carbocycles. The molecule has 1 amide bonds. The van der Waals surface area contributed by atoms with E-state index >= 15 is 0 Å². The molecular weight excluding hydrogens is 224 g/mol. The molecule has 0 N–H and O–H groups in total. The van der Waals surface area contributed by atoms with E-state index in [1.807, 2.05) is 32.7 Å². The molecule has 1 fully saturated rings. The minimum absolute atomic E-state index is 0.274. The molecule has 0 aromatic heterocycles. The Morgan fingerprint density at radius 1 is 1.22 bits per heavy atom. The summed E-state index contributed by atoms with van der Waals surface area (Å²) < 4.78 is 0. The summed E-state index contributed by atoms with van der Waals surface area (Å²) in [5.74, 6) is 0.990. The largest absolute Gasteiger partial charge is 0.345 e. The number of likely N-dealkylation sites (tertiary alicyclic amines) is 1. The summed E-state index contributed by atoms with van der Waals surface area (Å²) in [6.45, 7) is 12.8. The van der Waals surface area contributed by atoms with Gasteiger partial charge in [0.05, 0.1) is 0 Å². The Balaban J connectivity index is 0.00000137. The molecule has 0 radical (unpaired) electrons. The summed E-state index contributed by atoms with van der Waals surface area (Å²) in [6.07, 6.45) is 4.38. The molecule has 1 saturated heterocycles. The number of carbonyl (C=O) groups excluding carboxylic acids is 1. The molecule has 1 aliphatic rings. The maximum Gasteiger partial charge on any atom is 0.222 e. The van der Waals surface area contributed by atoms with Crippen LogP contribution in [0.2, 0.25) is 0 Å².